The molecule has 1 N–H and O–H groups in total. The van der Waals surface area contributed by atoms with E-state index in [0.717, 1.165) is 31.5 Å². The van der Waals surface area contributed by atoms with Crippen molar-refractivity contribution >= 4 is 12.0 Å². The third-order valence-corrected chi connectivity index (χ3v) is 4.56. The lowest BCUT2D eigenvalue weighted by Crippen LogP contribution is -2.51. The van der Waals surface area contributed by atoms with Crippen LogP contribution in [0.3, 0.4) is 0 Å². The summed E-state index contributed by atoms with van der Waals surface area (Å²) in [5.74, 6) is 0.630. The number of nitrogens with one attached hydrogen (secondary N) is 1. The zero-order valence-corrected chi connectivity index (χ0v) is 16.3. The minimum Gasteiger partial charge on any atom is -0.444 e. The fourth-order valence-corrected chi connectivity index (χ4v) is 3.02. The maximum atomic E-state index is 13.0. The van der Waals surface area contributed by atoms with E-state index in [9.17, 15) is 9.59 Å². The van der Waals surface area contributed by atoms with Gasteiger partial charge in [-0.25, -0.2) is 4.79 Å². The molecule has 1 aromatic heterocycles. The Morgan fingerprint density at radius 1 is 1.27 bits per heavy atom. The average molecular weight is 361 g/mol. The third-order valence-electron chi connectivity index (χ3n) is 4.56. The fraction of sp³-hybridized carbons (Fsp3) is 0.650. The Kier molecular flexibility index (Phi) is 7.00. The summed E-state index contributed by atoms with van der Waals surface area (Å²) in [5.41, 5.74) is 0.500. The molecule has 2 rings (SSSR count). The van der Waals surface area contributed by atoms with E-state index in [2.05, 4.69) is 17.2 Å². The number of hydrogen-bond acceptors (Lipinski definition) is 4. The molecule has 1 atom stereocenters. The Hall–Kier alpha value is -2.11. The smallest absolute Gasteiger partial charge is 0.408 e. The Bertz CT molecular complexity index is 590. The zero-order valence-electron chi connectivity index (χ0n) is 16.3. The van der Waals surface area contributed by atoms with Crippen LogP contribution in [0.5, 0.6) is 0 Å². The fourth-order valence-electron chi connectivity index (χ4n) is 3.02. The van der Waals surface area contributed by atoms with Gasteiger partial charge in [0.05, 0.1) is 0 Å². The lowest BCUT2D eigenvalue weighted by molar-refractivity contribution is -0.135. The summed E-state index contributed by atoms with van der Waals surface area (Å²) in [5, 5.41) is 2.78. The second-order valence-corrected chi connectivity index (χ2v) is 8.10. The van der Waals surface area contributed by atoms with Crippen molar-refractivity contribution in [2.45, 2.75) is 65.0 Å². The first-order chi connectivity index (χ1) is 12.2. The van der Waals surface area contributed by atoms with Crippen LogP contribution in [-0.2, 0) is 16.0 Å². The van der Waals surface area contributed by atoms with Crippen molar-refractivity contribution in [3.63, 3.8) is 0 Å². The monoisotopic (exact) mass is 361 g/mol. The second kappa shape index (κ2) is 9.01. The standard InChI is InChI=1S/C20H31N3O3/c1-15-9-13-23(14-10-15)18(24)17(22-19(25)26-20(2,3)4)6-5-16-7-11-21-12-8-16/h7-8,11-12,15,17H,5-6,9-10,13-14H2,1-4H3,(H,22,25). The van der Waals surface area contributed by atoms with Crippen LogP contribution < -0.4 is 5.32 Å². The SMILES string of the molecule is CC1CCN(C(=O)C(CCc2ccncc2)NC(=O)OC(C)(C)C)CC1. The number of carbonyl (C=O) groups excluding carboxylic acids is 2. The van der Waals surface area contributed by atoms with Gasteiger partial charge in [0.1, 0.15) is 11.6 Å². The number of alkyl carbamates (subject to hydrolysis) is 1. The van der Waals surface area contributed by atoms with Gasteiger partial charge in [0, 0.05) is 25.5 Å². The molecule has 0 saturated carbocycles. The summed E-state index contributed by atoms with van der Waals surface area (Å²) >= 11 is 0. The number of piperidine rings is 1. The van der Waals surface area contributed by atoms with Gasteiger partial charge >= 0.3 is 6.09 Å². The van der Waals surface area contributed by atoms with E-state index in [4.69, 9.17) is 4.74 Å². The molecule has 1 aromatic rings. The number of amides is 2. The van der Waals surface area contributed by atoms with Crippen LogP contribution in [0.4, 0.5) is 4.79 Å². The Morgan fingerprint density at radius 2 is 1.88 bits per heavy atom. The van der Waals surface area contributed by atoms with Gasteiger partial charge in [-0.1, -0.05) is 6.92 Å². The van der Waals surface area contributed by atoms with E-state index in [1.165, 1.54) is 0 Å². The normalized spacial score (nSPS) is 16.8. The third kappa shape index (κ3) is 6.65. The van der Waals surface area contributed by atoms with Crippen molar-refractivity contribution in [1.29, 1.82) is 0 Å². The second-order valence-electron chi connectivity index (χ2n) is 8.10. The van der Waals surface area contributed by atoms with Crippen molar-refractivity contribution in [2.75, 3.05) is 13.1 Å². The molecule has 2 heterocycles. The summed E-state index contributed by atoms with van der Waals surface area (Å²) in [4.78, 5) is 31.1. The van der Waals surface area contributed by atoms with Gasteiger partial charge in [-0.05, 0) is 70.1 Å². The molecule has 1 saturated heterocycles. The van der Waals surface area contributed by atoms with E-state index in [-0.39, 0.29) is 5.91 Å². The average Bonchev–Trinajstić information content (AvgIpc) is 2.58. The summed E-state index contributed by atoms with van der Waals surface area (Å²) in [7, 11) is 0. The number of hydrogen-bond donors (Lipinski definition) is 1. The van der Waals surface area contributed by atoms with Crippen LogP contribution in [-0.4, -0.2) is 46.6 Å². The predicted molar refractivity (Wildman–Crippen MR) is 101 cm³/mol. The number of ether oxygens (including phenoxy) is 1. The molecule has 0 spiro atoms. The van der Waals surface area contributed by atoms with Crippen molar-refractivity contribution < 1.29 is 14.3 Å². The van der Waals surface area contributed by atoms with Crippen molar-refractivity contribution in [1.82, 2.24) is 15.2 Å². The first-order valence-corrected chi connectivity index (χ1v) is 9.42. The summed E-state index contributed by atoms with van der Waals surface area (Å²) < 4.78 is 5.34. The van der Waals surface area contributed by atoms with Gasteiger partial charge in [0.15, 0.2) is 0 Å². The van der Waals surface area contributed by atoms with Gasteiger partial charge in [0.2, 0.25) is 5.91 Å². The van der Waals surface area contributed by atoms with Gasteiger partial charge < -0.3 is 15.0 Å². The quantitative estimate of drug-likeness (QED) is 0.874. The van der Waals surface area contributed by atoms with Gasteiger partial charge in [0.25, 0.3) is 0 Å². The maximum absolute atomic E-state index is 13.0. The number of carbonyl (C=O) groups is 2. The lowest BCUT2D eigenvalue weighted by Gasteiger charge is -2.33. The molecule has 1 aliphatic rings. The zero-order chi connectivity index (χ0) is 19.2. The molecule has 6 heteroatoms. The van der Waals surface area contributed by atoms with Crippen LogP contribution in [0.15, 0.2) is 24.5 Å². The lowest BCUT2D eigenvalue weighted by atomic mass is 9.98. The molecular formula is C20H31N3O3. The molecule has 1 fully saturated rings. The van der Waals surface area contributed by atoms with Crippen molar-refractivity contribution in [3.05, 3.63) is 30.1 Å². The van der Waals surface area contributed by atoms with Crippen LogP contribution in [0, 0.1) is 5.92 Å². The van der Waals surface area contributed by atoms with E-state index < -0.39 is 17.7 Å². The highest BCUT2D eigenvalue weighted by Crippen LogP contribution is 2.18. The van der Waals surface area contributed by atoms with Crippen LogP contribution >= 0.6 is 0 Å². The molecule has 1 aliphatic heterocycles. The van der Waals surface area contributed by atoms with Crippen LogP contribution in [0.1, 0.15) is 52.5 Å². The first-order valence-electron chi connectivity index (χ1n) is 9.42. The summed E-state index contributed by atoms with van der Waals surface area (Å²) in [6, 6.07) is 3.28. The Morgan fingerprint density at radius 3 is 2.46 bits per heavy atom. The van der Waals surface area contributed by atoms with E-state index in [1.807, 2.05) is 37.8 Å². The van der Waals surface area contributed by atoms with E-state index in [1.54, 1.807) is 12.4 Å². The minimum absolute atomic E-state index is 0.0168. The van der Waals surface area contributed by atoms with E-state index >= 15 is 0 Å². The number of rotatable bonds is 5. The summed E-state index contributed by atoms with van der Waals surface area (Å²) in [6.07, 6.45) is 6.17. The molecule has 144 valence electrons. The first kappa shape index (κ1) is 20.2. The predicted octanol–water partition coefficient (Wildman–Crippen LogP) is 3.17. The number of nitrogens with zero attached hydrogens (tertiary/aromatic N) is 2. The Balaban J connectivity index is 2.02. The van der Waals surface area contributed by atoms with Crippen molar-refractivity contribution in [2.24, 2.45) is 5.92 Å². The molecule has 0 aliphatic carbocycles. The molecule has 6 nitrogen and oxygen atoms in total. The van der Waals surface area contributed by atoms with Gasteiger partial charge in [-0.3, -0.25) is 9.78 Å². The van der Waals surface area contributed by atoms with Crippen LogP contribution in [0.2, 0.25) is 0 Å². The summed E-state index contributed by atoms with van der Waals surface area (Å²) in [6.45, 7) is 9.15. The minimum atomic E-state index is -0.594. The number of aromatic nitrogens is 1. The Labute approximate surface area is 156 Å². The van der Waals surface area contributed by atoms with Gasteiger partial charge in [-0.2, -0.15) is 0 Å². The molecule has 1 unspecified atom stereocenters. The number of likely N-dealkylation sites (tertiary alicyclic amines) is 1. The molecule has 26 heavy (non-hydrogen) atoms. The largest absolute Gasteiger partial charge is 0.444 e. The topological polar surface area (TPSA) is 71.5 Å². The number of aryl methyl sites for hydroxylation is 1. The molecule has 0 aromatic carbocycles. The van der Waals surface area contributed by atoms with Crippen LogP contribution in [0.25, 0.3) is 0 Å². The molecule has 0 bridgehead atoms. The highest BCUT2D eigenvalue weighted by atomic mass is 16.6. The highest BCUT2D eigenvalue weighted by molar-refractivity contribution is 5.85. The molecular weight excluding hydrogens is 330 g/mol. The number of pyridine rings is 1. The highest BCUT2D eigenvalue weighted by Gasteiger charge is 2.29. The van der Waals surface area contributed by atoms with Gasteiger partial charge in [-0.15, -0.1) is 0 Å². The maximum Gasteiger partial charge on any atom is 0.408 e. The van der Waals surface area contributed by atoms with Crippen molar-refractivity contribution in [3.8, 4) is 0 Å². The van der Waals surface area contributed by atoms with E-state index in [0.29, 0.717) is 18.8 Å². The molecule has 2 amide bonds. The molecule has 0 radical (unpaired) electrons.